The van der Waals surface area contributed by atoms with Crippen LogP contribution in [-0.4, -0.2) is 21.4 Å². The summed E-state index contributed by atoms with van der Waals surface area (Å²) in [5, 5.41) is 4.65. The highest BCUT2D eigenvalue weighted by atomic mass is 32.2. The first-order valence-corrected chi connectivity index (χ1v) is 8.85. The zero-order chi connectivity index (χ0) is 16.2. The minimum Gasteiger partial charge on any atom is -0.323 e. The summed E-state index contributed by atoms with van der Waals surface area (Å²) in [7, 11) is -2.11. The van der Waals surface area contributed by atoms with Crippen molar-refractivity contribution in [2.24, 2.45) is 0 Å². The number of anilines is 1. The molecular formula is C15H16N2O3S2. The van der Waals surface area contributed by atoms with Crippen LogP contribution in [0.4, 0.5) is 5.69 Å². The van der Waals surface area contributed by atoms with Gasteiger partial charge in [0.1, 0.15) is 0 Å². The molecule has 0 unspecified atom stereocenters. The summed E-state index contributed by atoms with van der Waals surface area (Å²) in [6, 6.07) is 7.96. The van der Waals surface area contributed by atoms with E-state index in [1.807, 2.05) is 18.4 Å². The topological polar surface area (TPSA) is 75.3 Å². The van der Waals surface area contributed by atoms with Gasteiger partial charge in [-0.3, -0.25) is 4.79 Å². The molecule has 1 aromatic heterocycles. The molecule has 7 heteroatoms. The molecule has 0 atom stereocenters. The van der Waals surface area contributed by atoms with Crippen molar-refractivity contribution in [1.29, 1.82) is 0 Å². The molecule has 1 aromatic carbocycles. The summed E-state index contributed by atoms with van der Waals surface area (Å²) in [6.07, 6.45) is 3.21. The van der Waals surface area contributed by atoms with Crippen molar-refractivity contribution in [3.05, 3.63) is 52.2 Å². The standard InChI is InChI=1S/C15H16N2O3S2/c1-11-9-10-21-14(11)7-8-15(18)17-12-3-5-13(6-4-12)22(19,20)16-2/h3-10,16H,1-2H3,(H,17,18)/b8-7+. The van der Waals surface area contributed by atoms with Crippen molar-refractivity contribution in [3.8, 4) is 0 Å². The van der Waals surface area contributed by atoms with Gasteiger partial charge in [0.25, 0.3) is 0 Å². The Labute approximate surface area is 133 Å². The quantitative estimate of drug-likeness (QED) is 0.824. The number of rotatable bonds is 5. The fourth-order valence-corrected chi connectivity index (χ4v) is 3.28. The van der Waals surface area contributed by atoms with Crippen LogP contribution in [0.5, 0.6) is 0 Å². The van der Waals surface area contributed by atoms with Crippen molar-refractivity contribution < 1.29 is 13.2 Å². The number of sulfonamides is 1. The van der Waals surface area contributed by atoms with Gasteiger partial charge in [-0.1, -0.05) is 0 Å². The zero-order valence-electron chi connectivity index (χ0n) is 12.2. The maximum absolute atomic E-state index is 11.8. The fourth-order valence-electron chi connectivity index (χ4n) is 1.73. The highest BCUT2D eigenvalue weighted by molar-refractivity contribution is 7.89. The predicted molar refractivity (Wildman–Crippen MR) is 89.4 cm³/mol. The van der Waals surface area contributed by atoms with Gasteiger partial charge in [-0.2, -0.15) is 0 Å². The summed E-state index contributed by atoms with van der Waals surface area (Å²) < 4.78 is 25.4. The van der Waals surface area contributed by atoms with Crippen molar-refractivity contribution in [3.63, 3.8) is 0 Å². The Kier molecular flexibility index (Phi) is 5.12. The molecule has 0 spiro atoms. The largest absolute Gasteiger partial charge is 0.323 e. The normalized spacial score (nSPS) is 11.7. The summed E-state index contributed by atoms with van der Waals surface area (Å²) >= 11 is 1.56. The molecule has 116 valence electrons. The number of carbonyl (C=O) groups excluding carboxylic acids is 1. The van der Waals surface area contributed by atoms with Crippen molar-refractivity contribution in [1.82, 2.24) is 4.72 Å². The van der Waals surface area contributed by atoms with E-state index in [1.165, 1.54) is 25.3 Å². The lowest BCUT2D eigenvalue weighted by atomic mass is 10.2. The lowest BCUT2D eigenvalue weighted by Crippen LogP contribution is -2.18. The third kappa shape index (κ3) is 4.03. The van der Waals surface area contributed by atoms with E-state index in [0.717, 1.165) is 10.4 Å². The molecular weight excluding hydrogens is 320 g/mol. The van der Waals surface area contributed by atoms with Crippen molar-refractivity contribution >= 4 is 39.0 Å². The molecule has 0 aliphatic rings. The van der Waals surface area contributed by atoms with Crippen LogP contribution in [0.1, 0.15) is 10.4 Å². The van der Waals surface area contributed by atoms with Gasteiger partial charge >= 0.3 is 0 Å². The molecule has 2 rings (SSSR count). The molecule has 0 saturated heterocycles. The Morgan fingerprint density at radius 1 is 1.18 bits per heavy atom. The molecule has 0 fully saturated rings. The number of benzene rings is 1. The van der Waals surface area contributed by atoms with E-state index in [-0.39, 0.29) is 10.8 Å². The average Bonchev–Trinajstić information content (AvgIpc) is 2.91. The summed E-state index contributed by atoms with van der Waals surface area (Å²) in [5.74, 6) is -0.267. The lowest BCUT2D eigenvalue weighted by molar-refractivity contribution is -0.111. The zero-order valence-corrected chi connectivity index (χ0v) is 13.8. The molecule has 1 amide bonds. The highest BCUT2D eigenvalue weighted by Gasteiger charge is 2.10. The molecule has 1 heterocycles. The minimum atomic E-state index is -3.46. The molecule has 5 nitrogen and oxygen atoms in total. The van der Waals surface area contributed by atoms with Crippen LogP contribution in [0.2, 0.25) is 0 Å². The third-order valence-corrected chi connectivity index (χ3v) is 5.40. The Bertz CT molecular complexity index is 790. The van der Waals surface area contributed by atoms with Crippen LogP contribution in [0.15, 0.2) is 46.7 Å². The second-order valence-corrected chi connectivity index (χ2v) is 7.36. The van der Waals surface area contributed by atoms with Gasteiger partial charge in [0.05, 0.1) is 4.90 Å². The summed E-state index contributed by atoms with van der Waals surface area (Å²) in [6.45, 7) is 1.98. The van der Waals surface area contributed by atoms with E-state index in [0.29, 0.717) is 5.69 Å². The molecule has 0 aliphatic heterocycles. The highest BCUT2D eigenvalue weighted by Crippen LogP contribution is 2.17. The Morgan fingerprint density at radius 3 is 2.41 bits per heavy atom. The van der Waals surface area contributed by atoms with E-state index in [2.05, 4.69) is 10.0 Å². The van der Waals surface area contributed by atoms with Crippen LogP contribution in [0, 0.1) is 6.92 Å². The SMILES string of the molecule is CNS(=O)(=O)c1ccc(NC(=O)/C=C/c2sccc2C)cc1. The maximum atomic E-state index is 11.8. The Morgan fingerprint density at radius 2 is 1.86 bits per heavy atom. The van der Waals surface area contributed by atoms with Gasteiger partial charge in [-0.25, -0.2) is 13.1 Å². The monoisotopic (exact) mass is 336 g/mol. The first kappa shape index (κ1) is 16.4. The second kappa shape index (κ2) is 6.87. The van der Waals surface area contributed by atoms with Crippen LogP contribution >= 0.6 is 11.3 Å². The van der Waals surface area contributed by atoms with Gasteiger partial charge in [0, 0.05) is 16.6 Å². The van der Waals surface area contributed by atoms with Crippen LogP contribution < -0.4 is 10.0 Å². The number of thiophene rings is 1. The van der Waals surface area contributed by atoms with E-state index in [4.69, 9.17) is 0 Å². The Hall–Kier alpha value is -1.96. The van der Waals surface area contributed by atoms with Crippen molar-refractivity contribution in [2.75, 3.05) is 12.4 Å². The number of hydrogen-bond acceptors (Lipinski definition) is 4. The Balaban J connectivity index is 2.03. The minimum absolute atomic E-state index is 0.151. The first-order chi connectivity index (χ1) is 10.4. The van der Waals surface area contributed by atoms with Crippen molar-refractivity contribution in [2.45, 2.75) is 11.8 Å². The van der Waals surface area contributed by atoms with Gasteiger partial charge in [-0.05, 0) is 61.3 Å². The maximum Gasteiger partial charge on any atom is 0.248 e. The lowest BCUT2D eigenvalue weighted by Gasteiger charge is -2.05. The van der Waals surface area contributed by atoms with E-state index >= 15 is 0 Å². The smallest absolute Gasteiger partial charge is 0.248 e. The van der Waals surface area contributed by atoms with Crippen LogP contribution in [0.3, 0.4) is 0 Å². The molecule has 0 bridgehead atoms. The van der Waals surface area contributed by atoms with E-state index in [9.17, 15) is 13.2 Å². The summed E-state index contributed by atoms with van der Waals surface area (Å²) in [5.41, 5.74) is 1.66. The van der Waals surface area contributed by atoms with Gasteiger partial charge in [-0.15, -0.1) is 11.3 Å². The first-order valence-electron chi connectivity index (χ1n) is 6.49. The molecule has 0 saturated carbocycles. The average molecular weight is 336 g/mol. The molecule has 0 aliphatic carbocycles. The van der Waals surface area contributed by atoms with E-state index < -0.39 is 10.0 Å². The van der Waals surface area contributed by atoms with E-state index in [1.54, 1.807) is 29.5 Å². The third-order valence-electron chi connectivity index (χ3n) is 2.99. The fraction of sp³-hybridized carbons (Fsp3) is 0.133. The second-order valence-electron chi connectivity index (χ2n) is 4.52. The number of aryl methyl sites for hydroxylation is 1. The predicted octanol–water partition coefficient (Wildman–Crippen LogP) is 2.62. The molecule has 0 radical (unpaired) electrons. The number of amides is 1. The molecule has 2 aromatic rings. The number of carbonyl (C=O) groups is 1. The number of nitrogens with one attached hydrogen (secondary N) is 2. The number of hydrogen-bond donors (Lipinski definition) is 2. The van der Waals surface area contributed by atoms with Gasteiger partial charge < -0.3 is 5.32 Å². The summed E-state index contributed by atoms with van der Waals surface area (Å²) in [4.78, 5) is 13.0. The van der Waals surface area contributed by atoms with Gasteiger partial charge in [0.15, 0.2) is 0 Å². The van der Waals surface area contributed by atoms with Crippen LogP contribution in [0.25, 0.3) is 6.08 Å². The van der Waals surface area contributed by atoms with Gasteiger partial charge in [0.2, 0.25) is 15.9 Å². The van der Waals surface area contributed by atoms with Crippen LogP contribution in [-0.2, 0) is 14.8 Å². The molecule has 22 heavy (non-hydrogen) atoms. The molecule has 2 N–H and O–H groups in total.